The number of amides is 1. The van der Waals surface area contributed by atoms with Crippen molar-refractivity contribution in [1.29, 1.82) is 0 Å². The van der Waals surface area contributed by atoms with Crippen LogP contribution < -0.4 is 4.90 Å². The van der Waals surface area contributed by atoms with Crippen molar-refractivity contribution >= 4 is 34.4 Å². The molecule has 0 radical (unpaired) electrons. The van der Waals surface area contributed by atoms with Crippen LogP contribution in [0.4, 0.5) is 5.82 Å². The molecular formula is C24H29ClN6O. The molecule has 5 rings (SSSR count). The van der Waals surface area contributed by atoms with E-state index >= 15 is 0 Å². The summed E-state index contributed by atoms with van der Waals surface area (Å²) < 4.78 is 1.84. The second-order valence-electron chi connectivity index (χ2n) is 8.71. The highest BCUT2D eigenvalue weighted by molar-refractivity contribution is 6.32. The molecule has 0 N–H and O–H groups in total. The first-order valence-electron chi connectivity index (χ1n) is 11.7. The Bertz CT molecular complexity index is 1110. The van der Waals surface area contributed by atoms with Crippen LogP contribution in [0.2, 0.25) is 5.02 Å². The molecule has 1 saturated heterocycles. The fourth-order valence-electron chi connectivity index (χ4n) is 4.89. The second-order valence-corrected chi connectivity index (χ2v) is 9.11. The van der Waals surface area contributed by atoms with Crippen LogP contribution in [0.15, 0.2) is 30.5 Å². The second kappa shape index (κ2) is 9.06. The van der Waals surface area contributed by atoms with Gasteiger partial charge < -0.3 is 9.80 Å². The predicted molar refractivity (Wildman–Crippen MR) is 127 cm³/mol. The molecule has 0 atom stereocenters. The Morgan fingerprint density at radius 3 is 2.53 bits per heavy atom. The van der Waals surface area contributed by atoms with Gasteiger partial charge in [-0.25, -0.2) is 14.6 Å². The Labute approximate surface area is 193 Å². The molecular weight excluding hydrogens is 424 g/mol. The van der Waals surface area contributed by atoms with Gasteiger partial charge in [0.25, 0.3) is 0 Å². The summed E-state index contributed by atoms with van der Waals surface area (Å²) in [6.07, 6.45) is 8.40. The highest BCUT2D eigenvalue weighted by Crippen LogP contribution is 2.35. The van der Waals surface area contributed by atoms with Gasteiger partial charge in [0.1, 0.15) is 11.6 Å². The van der Waals surface area contributed by atoms with Crippen LogP contribution in [0.3, 0.4) is 0 Å². The molecule has 32 heavy (non-hydrogen) atoms. The van der Waals surface area contributed by atoms with Crippen molar-refractivity contribution in [2.45, 2.75) is 51.4 Å². The highest BCUT2D eigenvalue weighted by Gasteiger charge is 2.27. The summed E-state index contributed by atoms with van der Waals surface area (Å²) in [4.78, 5) is 26.5. The first-order chi connectivity index (χ1) is 15.7. The van der Waals surface area contributed by atoms with Gasteiger partial charge in [-0.3, -0.25) is 4.79 Å². The largest absolute Gasteiger partial charge is 0.352 e. The molecule has 3 heterocycles. The monoisotopic (exact) mass is 452 g/mol. The number of carbonyl (C=O) groups is 1. The molecule has 3 aromatic rings. The van der Waals surface area contributed by atoms with Crippen LogP contribution in [0, 0.1) is 0 Å². The number of hydrogen-bond acceptors (Lipinski definition) is 5. The third-order valence-corrected chi connectivity index (χ3v) is 7.03. The summed E-state index contributed by atoms with van der Waals surface area (Å²) in [6, 6.07) is 7.72. The molecule has 8 heteroatoms. The van der Waals surface area contributed by atoms with E-state index in [4.69, 9.17) is 21.6 Å². The predicted octanol–water partition coefficient (Wildman–Crippen LogP) is 4.58. The van der Waals surface area contributed by atoms with Crippen molar-refractivity contribution in [3.05, 3.63) is 41.3 Å². The van der Waals surface area contributed by atoms with Gasteiger partial charge in [0.2, 0.25) is 5.91 Å². The molecule has 2 aliphatic rings. The quantitative estimate of drug-likeness (QED) is 0.579. The number of rotatable bonds is 4. The first kappa shape index (κ1) is 21.2. The van der Waals surface area contributed by atoms with Crippen LogP contribution >= 0.6 is 11.6 Å². The van der Waals surface area contributed by atoms with E-state index in [1.165, 1.54) is 19.3 Å². The minimum atomic E-state index is 0.215. The van der Waals surface area contributed by atoms with E-state index in [-0.39, 0.29) is 5.91 Å². The summed E-state index contributed by atoms with van der Waals surface area (Å²) in [5.74, 6) is 2.43. The third-order valence-electron chi connectivity index (χ3n) is 6.71. The van der Waals surface area contributed by atoms with Crippen LogP contribution in [-0.2, 0) is 4.79 Å². The number of halogens is 1. The number of para-hydroxylation sites is 1. The summed E-state index contributed by atoms with van der Waals surface area (Å²) in [5, 5.41) is 6.24. The van der Waals surface area contributed by atoms with Crippen molar-refractivity contribution in [3.63, 3.8) is 0 Å². The average molecular weight is 453 g/mol. The van der Waals surface area contributed by atoms with Crippen molar-refractivity contribution in [2.75, 3.05) is 31.1 Å². The molecule has 2 aromatic heterocycles. The zero-order valence-corrected chi connectivity index (χ0v) is 19.3. The maximum atomic E-state index is 12.1. The summed E-state index contributed by atoms with van der Waals surface area (Å²) in [6.45, 7) is 4.88. The van der Waals surface area contributed by atoms with E-state index in [2.05, 4.69) is 10.00 Å². The van der Waals surface area contributed by atoms with Crippen LogP contribution in [0.1, 0.15) is 57.2 Å². The van der Waals surface area contributed by atoms with Gasteiger partial charge >= 0.3 is 0 Å². The Balaban J connectivity index is 1.57. The SMILES string of the molecule is CCC(=O)N1CCN(c2nc(C3CCCCC3)nc3c2cnn3-c2ccccc2Cl)CC1. The summed E-state index contributed by atoms with van der Waals surface area (Å²) in [5.41, 5.74) is 1.62. The van der Waals surface area contributed by atoms with Crippen molar-refractivity contribution in [2.24, 2.45) is 0 Å². The molecule has 168 valence electrons. The lowest BCUT2D eigenvalue weighted by Crippen LogP contribution is -2.49. The van der Waals surface area contributed by atoms with Gasteiger partial charge in [0, 0.05) is 38.5 Å². The average Bonchev–Trinajstić information content (AvgIpc) is 3.28. The van der Waals surface area contributed by atoms with Gasteiger partial charge in [-0.1, -0.05) is 49.9 Å². The fraction of sp³-hybridized carbons (Fsp3) is 0.500. The Kier molecular flexibility index (Phi) is 6.00. The standard InChI is InChI=1S/C24H29ClN6O/c1-2-21(32)29-12-14-30(15-13-29)23-18-16-26-31(20-11-7-6-10-19(20)25)24(18)28-22(27-23)17-8-4-3-5-9-17/h6-7,10-11,16-17H,2-5,8-9,12-15H2,1H3. The molecule has 0 spiro atoms. The first-order valence-corrected chi connectivity index (χ1v) is 12.1. The van der Waals surface area contributed by atoms with E-state index in [1.54, 1.807) is 0 Å². The molecule has 0 bridgehead atoms. The Morgan fingerprint density at radius 1 is 1.06 bits per heavy atom. The minimum absolute atomic E-state index is 0.215. The van der Waals surface area contributed by atoms with Crippen molar-refractivity contribution < 1.29 is 4.79 Å². The fourth-order valence-corrected chi connectivity index (χ4v) is 5.10. The molecule has 2 fully saturated rings. The van der Waals surface area contributed by atoms with E-state index in [0.29, 0.717) is 17.4 Å². The Hall–Kier alpha value is -2.67. The Morgan fingerprint density at radius 2 is 1.81 bits per heavy atom. The van der Waals surface area contributed by atoms with E-state index in [1.807, 2.05) is 47.0 Å². The van der Waals surface area contributed by atoms with Crippen molar-refractivity contribution in [3.8, 4) is 5.69 Å². The number of hydrogen-bond donors (Lipinski definition) is 0. The number of anilines is 1. The minimum Gasteiger partial charge on any atom is -0.352 e. The van der Waals surface area contributed by atoms with E-state index < -0.39 is 0 Å². The highest BCUT2D eigenvalue weighted by atomic mass is 35.5. The smallest absolute Gasteiger partial charge is 0.222 e. The van der Waals surface area contributed by atoms with Gasteiger partial charge in [0.05, 0.1) is 22.3 Å². The number of aromatic nitrogens is 4. The van der Waals surface area contributed by atoms with Crippen molar-refractivity contribution in [1.82, 2.24) is 24.6 Å². The van der Waals surface area contributed by atoms with E-state index in [9.17, 15) is 4.79 Å². The van der Waals surface area contributed by atoms with Gasteiger partial charge in [-0.2, -0.15) is 5.10 Å². The van der Waals surface area contributed by atoms with Crippen LogP contribution in [0.25, 0.3) is 16.7 Å². The number of nitrogens with zero attached hydrogens (tertiary/aromatic N) is 6. The molecule has 0 unspecified atom stereocenters. The summed E-state index contributed by atoms with van der Waals surface area (Å²) >= 11 is 6.50. The summed E-state index contributed by atoms with van der Waals surface area (Å²) in [7, 11) is 0. The third kappa shape index (κ3) is 3.94. The number of fused-ring (bicyclic) bond motifs is 1. The maximum absolute atomic E-state index is 12.1. The molecule has 1 amide bonds. The number of carbonyl (C=O) groups excluding carboxylic acids is 1. The van der Waals surface area contributed by atoms with Gasteiger partial charge in [-0.05, 0) is 25.0 Å². The molecule has 1 aliphatic carbocycles. The number of benzene rings is 1. The zero-order chi connectivity index (χ0) is 22.1. The molecule has 1 aromatic carbocycles. The van der Waals surface area contributed by atoms with Crippen LogP contribution in [0.5, 0.6) is 0 Å². The van der Waals surface area contributed by atoms with Gasteiger partial charge in [0.15, 0.2) is 5.65 Å². The molecule has 1 saturated carbocycles. The lowest BCUT2D eigenvalue weighted by molar-refractivity contribution is -0.131. The maximum Gasteiger partial charge on any atom is 0.222 e. The van der Waals surface area contributed by atoms with E-state index in [0.717, 1.165) is 67.4 Å². The van der Waals surface area contributed by atoms with Gasteiger partial charge in [-0.15, -0.1) is 0 Å². The lowest BCUT2D eigenvalue weighted by atomic mass is 9.88. The normalized spacial score (nSPS) is 17.8. The number of piperazine rings is 1. The molecule has 7 nitrogen and oxygen atoms in total. The molecule has 1 aliphatic heterocycles. The van der Waals surface area contributed by atoms with Crippen LogP contribution in [-0.4, -0.2) is 56.7 Å². The lowest BCUT2D eigenvalue weighted by Gasteiger charge is -2.36. The topological polar surface area (TPSA) is 67.2 Å². The zero-order valence-electron chi connectivity index (χ0n) is 18.5.